The number of methoxy groups -OCH3 is 1. The van der Waals surface area contributed by atoms with Crippen molar-refractivity contribution in [1.82, 2.24) is 16.1 Å². The van der Waals surface area contributed by atoms with E-state index in [4.69, 9.17) is 25.8 Å². The molecule has 11 nitrogen and oxygen atoms in total. The van der Waals surface area contributed by atoms with Crippen LogP contribution in [0, 0.1) is 0 Å². The summed E-state index contributed by atoms with van der Waals surface area (Å²) in [6.45, 7) is 3.11. The molecular formula is C24H24BrClN4O7. The molecule has 1 aliphatic heterocycles. The Kier molecular flexibility index (Phi) is 9.36. The Morgan fingerprint density at radius 3 is 2.70 bits per heavy atom. The van der Waals surface area contributed by atoms with Crippen LogP contribution >= 0.6 is 27.5 Å². The van der Waals surface area contributed by atoms with Gasteiger partial charge in [-0.3, -0.25) is 4.79 Å². The monoisotopic (exact) mass is 594 g/mol. The third kappa shape index (κ3) is 6.92. The number of nitrogens with one attached hydrogen (secondary N) is 3. The molecule has 0 aromatic heterocycles. The van der Waals surface area contributed by atoms with Crippen molar-refractivity contribution in [2.24, 2.45) is 5.10 Å². The van der Waals surface area contributed by atoms with Gasteiger partial charge in [-0.15, -0.1) is 0 Å². The highest BCUT2D eigenvalue weighted by atomic mass is 79.9. The van der Waals surface area contributed by atoms with E-state index in [0.29, 0.717) is 21.3 Å². The smallest absolute Gasteiger partial charge is 0.338 e. The number of aromatic hydroxyl groups is 1. The summed E-state index contributed by atoms with van der Waals surface area (Å²) in [7, 11) is 1.42. The zero-order valence-electron chi connectivity index (χ0n) is 20.1. The lowest BCUT2D eigenvalue weighted by atomic mass is 9.95. The lowest BCUT2D eigenvalue weighted by molar-refractivity contribution is -0.139. The number of hydrogen-bond acceptors (Lipinski definition) is 8. The van der Waals surface area contributed by atoms with Crippen LogP contribution in [0.15, 0.2) is 51.2 Å². The number of phenolic OH excluding ortho intramolecular Hbond substituents is 1. The largest absolute Gasteiger partial charge is 0.505 e. The number of halogens is 2. The third-order valence-electron chi connectivity index (χ3n) is 5.09. The van der Waals surface area contributed by atoms with Gasteiger partial charge in [0.2, 0.25) is 0 Å². The molecule has 2 aromatic rings. The molecule has 3 rings (SSSR count). The fourth-order valence-corrected chi connectivity index (χ4v) is 4.24. The molecule has 1 heterocycles. The highest BCUT2D eigenvalue weighted by molar-refractivity contribution is 9.10. The van der Waals surface area contributed by atoms with E-state index in [0.717, 1.165) is 0 Å². The average molecular weight is 596 g/mol. The van der Waals surface area contributed by atoms with Gasteiger partial charge >= 0.3 is 12.0 Å². The van der Waals surface area contributed by atoms with Crippen LogP contribution in [0.2, 0.25) is 5.02 Å². The number of hydrazone groups is 1. The highest BCUT2D eigenvalue weighted by Gasteiger charge is 2.32. The van der Waals surface area contributed by atoms with E-state index in [2.05, 4.69) is 37.1 Å². The Labute approximate surface area is 225 Å². The van der Waals surface area contributed by atoms with Crippen molar-refractivity contribution in [3.63, 3.8) is 0 Å². The van der Waals surface area contributed by atoms with E-state index in [1.54, 1.807) is 38.1 Å². The molecule has 0 saturated carbocycles. The molecule has 0 radical (unpaired) electrons. The second-order valence-electron chi connectivity index (χ2n) is 7.62. The van der Waals surface area contributed by atoms with Crippen molar-refractivity contribution in [2.75, 3.05) is 20.3 Å². The molecule has 0 saturated heterocycles. The van der Waals surface area contributed by atoms with Crippen molar-refractivity contribution >= 4 is 51.7 Å². The second kappa shape index (κ2) is 12.5. The molecule has 0 spiro atoms. The molecule has 1 atom stereocenters. The number of nitrogens with zero attached hydrogens (tertiary/aromatic N) is 1. The summed E-state index contributed by atoms with van der Waals surface area (Å²) in [5, 5.41) is 18.9. The van der Waals surface area contributed by atoms with E-state index < -0.39 is 23.9 Å². The normalized spacial score (nSPS) is 15.2. The van der Waals surface area contributed by atoms with Gasteiger partial charge in [-0.25, -0.2) is 15.0 Å². The summed E-state index contributed by atoms with van der Waals surface area (Å²) in [5.74, 6) is -0.651. The fraction of sp³-hybridized carbons (Fsp3) is 0.250. The van der Waals surface area contributed by atoms with E-state index in [-0.39, 0.29) is 41.1 Å². The van der Waals surface area contributed by atoms with E-state index in [1.165, 1.54) is 19.4 Å². The molecule has 37 heavy (non-hydrogen) atoms. The van der Waals surface area contributed by atoms with Crippen LogP contribution in [0.25, 0.3) is 0 Å². The maximum atomic E-state index is 12.5. The number of carbonyl (C=O) groups excluding carboxylic acids is 3. The number of esters is 1. The maximum Gasteiger partial charge on any atom is 0.338 e. The van der Waals surface area contributed by atoms with Crippen LogP contribution < -0.4 is 25.5 Å². The standard InChI is InChI=1S/C24H24BrClN4O7/c1-4-36-23(33)20-12(2)28-24(34)29-21(20)14-5-6-17(18(9-14)35-3)37-11-19(31)30-27-10-13-7-15(25)22(32)16(26)8-13/h5-10,21,32H,4,11H2,1-3H3,(H,30,31)(H2,28,29,34)/b27-10-/t21-/m0/s1. The summed E-state index contributed by atoms with van der Waals surface area (Å²) in [5.41, 5.74) is 4.06. The number of carbonyl (C=O) groups is 3. The Morgan fingerprint density at radius 1 is 1.27 bits per heavy atom. The van der Waals surface area contributed by atoms with Crippen LogP contribution in [0.3, 0.4) is 0 Å². The predicted molar refractivity (Wildman–Crippen MR) is 139 cm³/mol. The number of hydrogen-bond donors (Lipinski definition) is 4. The van der Waals surface area contributed by atoms with Crippen molar-refractivity contribution in [3.8, 4) is 17.2 Å². The number of phenols is 1. The molecule has 3 amide bonds. The van der Waals surface area contributed by atoms with Crippen molar-refractivity contribution in [1.29, 1.82) is 0 Å². The zero-order valence-corrected chi connectivity index (χ0v) is 22.4. The van der Waals surface area contributed by atoms with Crippen LogP contribution in [0.5, 0.6) is 17.2 Å². The molecule has 1 aliphatic rings. The van der Waals surface area contributed by atoms with E-state index in [9.17, 15) is 19.5 Å². The molecule has 0 aliphatic carbocycles. The Hall–Kier alpha value is -3.77. The minimum atomic E-state index is -0.776. The molecule has 0 bridgehead atoms. The second-order valence-corrected chi connectivity index (χ2v) is 8.88. The first-order valence-corrected chi connectivity index (χ1v) is 12.1. The fourth-order valence-electron chi connectivity index (χ4n) is 3.42. The highest BCUT2D eigenvalue weighted by Crippen LogP contribution is 2.35. The Bertz CT molecular complexity index is 1260. The van der Waals surface area contributed by atoms with Gasteiger partial charge in [0.1, 0.15) is 5.75 Å². The van der Waals surface area contributed by atoms with Gasteiger partial charge in [0.25, 0.3) is 5.91 Å². The number of benzene rings is 2. The quantitative estimate of drug-likeness (QED) is 0.197. The molecule has 4 N–H and O–H groups in total. The van der Waals surface area contributed by atoms with Gasteiger partial charge < -0.3 is 30.0 Å². The summed E-state index contributed by atoms with van der Waals surface area (Å²) < 4.78 is 16.5. The van der Waals surface area contributed by atoms with Crippen molar-refractivity contribution in [3.05, 3.63) is 62.2 Å². The summed E-state index contributed by atoms with van der Waals surface area (Å²) >= 11 is 9.08. The Balaban J connectivity index is 1.69. The summed E-state index contributed by atoms with van der Waals surface area (Å²) in [4.78, 5) is 36.8. The van der Waals surface area contributed by atoms with Crippen molar-refractivity contribution in [2.45, 2.75) is 19.9 Å². The minimum Gasteiger partial charge on any atom is -0.505 e. The molecule has 13 heteroatoms. The molecular weight excluding hydrogens is 572 g/mol. The van der Waals surface area contributed by atoms with E-state index in [1.807, 2.05) is 0 Å². The number of ether oxygens (including phenoxy) is 3. The summed E-state index contributed by atoms with van der Waals surface area (Å²) in [6, 6.07) is 6.62. The van der Waals surface area contributed by atoms with E-state index >= 15 is 0 Å². The number of allylic oxidation sites excluding steroid dienone is 1. The molecule has 0 unspecified atom stereocenters. The number of amides is 3. The van der Waals surface area contributed by atoms with Gasteiger partial charge in [0.15, 0.2) is 18.1 Å². The lowest BCUT2D eigenvalue weighted by Crippen LogP contribution is -2.45. The number of urea groups is 1. The first-order chi connectivity index (χ1) is 17.6. The zero-order chi connectivity index (χ0) is 27.1. The minimum absolute atomic E-state index is 0.0953. The van der Waals surface area contributed by atoms with Gasteiger partial charge in [0, 0.05) is 5.70 Å². The molecule has 2 aromatic carbocycles. The SMILES string of the molecule is CCOC(=O)C1=C(C)NC(=O)N[C@H]1c1ccc(OCC(=O)N/N=C\c2cc(Cl)c(O)c(Br)c2)c(OC)c1. The first kappa shape index (κ1) is 27.8. The Morgan fingerprint density at radius 2 is 2.03 bits per heavy atom. The molecule has 0 fully saturated rings. The first-order valence-electron chi connectivity index (χ1n) is 10.9. The topological polar surface area (TPSA) is 148 Å². The van der Waals surface area contributed by atoms with Gasteiger partial charge in [-0.05, 0) is 65.2 Å². The van der Waals surface area contributed by atoms with Gasteiger partial charge in [-0.1, -0.05) is 17.7 Å². The predicted octanol–water partition coefficient (Wildman–Crippen LogP) is 3.54. The van der Waals surface area contributed by atoms with Crippen LogP contribution in [0.4, 0.5) is 4.79 Å². The van der Waals surface area contributed by atoms with Gasteiger partial charge in [0.05, 0.1) is 41.0 Å². The lowest BCUT2D eigenvalue weighted by Gasteiger charge is -2.28. The van der Waals surface area contributed by atoms with Gasteiger partial charge in [-0.2, -0.15) is 5.10 Å². The number of rotatable bonds is 9. The van der Waals surface area contributed by atoms with Crippen LogP contribution in [-0.4, -0.2) is 49.6 Å². The third-order valence-corrected chi connectivity index (χ3v) is 5.98. The van der Waals surface area contributed by atoms with Crippen molar-refractivity contribution < 1.29 is 33.7 Å². The van der Waals surface area contributed by atoms with Crippen LogP contribution in [-0.2, 0) is 14.3 Å². The average Bonchev–Trinajstić information content (AvgIpc) is 2.85. The summed E-state index contributed by atoms with van der Waals surface area (Å²) in [6.07, 6.45) is 1.35. The van der Waals surface area contributed by atoms with Crippen LogP contribution in [0.1, 0.15) is 31.0 Å². The molecule has 196 valence electrons. The maximum absolute atomic E-state index is 12.5.